The molecular weight excluding hydrogens is 210 g/mol. The molecule has 2 aromatic rings. The van der Waals surface area contributed by atoms with E-state index in [0.717, 1.165) is 5.46 Å². The molecule has 0 nitrogen and oxygen atoms in total. The van der Waals surface area contributed by atoms with Crippen molar-refractivity contribution in [2.75, 3.05) is 0 Å². The number of thiophene rings is 1. The van der Waals surface area contributed by atoms with Gasteiger partial charge in [0.2, 0.25) is 0 Å². The van der Waals surface area contributed by atoms with E-state index in [1.807, 2.05) is 18.2 Å². The van der Waals surface area contributed by atoms with Gasteiger partial charge in [-0.15, -0.1) is 0 Å². The minimum absolute atomic E-state index is 0.00472. The van der Waals surface area contributed by atoms with Crippen LogP contribution in [0.3, 0.4) is 0 Å². The molecule has 0 saturated heterocycles. The zero-order valence-electron chi connectivity index (χ0n) is 7.91. The van der Waals surface area contributed by atoms with Gasteiger partial charge in [0, 0.05) is 4.88 Å². The fourth-order valence-electron chi connectivity index (χ4n) is 1.38. The quantitative estimate of drug-likeness (QED) is 0.682. The molecule has 1 aromatic heterocycles. The average Bonchev–Trinajstić information content (AvgIpc) is 2.65. The number of hydrogen-bond acceptors (Lipinski definition) is 1. The Balaban J connectivity index is 2.29. The molecule has 0 amide bonds. The SMILES string of the molecule is Cc1ccc(B(Cl)c2ccccc2)s1. The van der Waals surface area contributed by atoms with Crippen LogP contribution in [0.15, 0.2) is 42.5 Å². The maximum atomic E-state index is 6.36. The summed E-state index contributed by atoms with van der Waals surface area (Å²) in [6, 6.07) is 14.4. The van der Waals surface area contributed by atoms with Gasteiger partial charge in [-0.05, 0) is 17.8 Å². The van der Waals surface area contributed by atoms with Crippen LogP contribution in [0.2, 0.25) is 0 Å². The van der Waals surface area contributed by atoms with Crippen LogP contribution in [-0.4, -0.2) is 6.13 Å². The van der Waals surface area contributed by atoms with Crippen LogP contribution >= 0.6 is 22.8 Å². The molecule has 3 heteroatoms. The predicted octanol–water partition coefficient (Wildman–Crippen LogP) is 2.40. The van der Waals surface area contributed by atoms with Gasteiger partial charge in [0.1, 0.15) is 0 Å². The lowest BCUT2D eigenvalue weighted by Crippen LogP contribution is -2.34. The molecule has 0 unspecified atom stereocenters. The molecular formula is C11H10BClS. The molecule has 0 aliphatic carbocycles. The van der Waals surface area contributed by atoms with E-state index >= 15 is 0 Å². The van der Waals surface area contributed by atoms with Gasteiger partial charge in [-0.2, -0.15) is 22.8 Å². The number of hydrogen-bond donors (Lipinski definition) is 0. The molecule has 0 fully saturated rings. The second kappa shape index (κ2) is 4.20. The molecule has 0 saturated carbocycles. The molecule has 0 N–H and O–H groups in total. The molecule has 1 heterocycles. The van der Waals surface area contributed by atoms with Gasteiger partial charge in [-0.1, -0.05) is 41.9 Å². The van der Waals surface area contributed by atoms with Gasteiger partial charge >= 0.3 is 6.13 Å². The first-order chi connectivity index (χ1) is 6.77. The molecule has 0 aliphatic rings. The molecule has 2 rings (SSSR count). The maximum absolute atomic E-state index is 6.36. The van der Waals surface area contributed by atoms with Crippen molar-refractivity contribution in [2.45, 2.75) is 6.92 Å². The Bertz CT molecular complexity index is 410. The van der Waals surface area contributed by atoms with E-state index in [0.29, 0.717) is 0 Å². The van der Waals surface area contributed by atoms with E-state index in [4.69, 9.17) is 11.5 Å². The Kier molecular flexibility index (Phi) is 2.94. The van der Waals surface area contributed by atoms with Crippen molar-refractivity contribution in [1.29, 1.82) is 0 Å². The van der Waals surface area contributed by atoms with E-state index in [2.05, 4.69) is 31.2 Å². The minimum atomic E-state index is -0.00472. The second-order valence-electron chi connectivity index (χ2n) is 3.22. The molecule has 0 radical (unpaired) electrons. The average molecular weight is 221 g/mol. The number of aryl methyl sites for hydroxylation is 1. The lowest BCUT2D eigenvalue weighted by molar-refractivity contribution is 1.64. The van der Waals surface area contributed by atoms with Crippen LogP contribution in [0.4, 0.5) is 0 Å². The lowest BCUT2D eigenvalue weighted by atomic mass is 9.67. The summed E-state index contributed by atoms with van der Waals surface area (Å²) in [4.78, 5) is 1.31. The van der Waals surface area contributed by atoms with Crippen LogP contribution < -0.4 is 10.2 Å². The van der Waals surface area contributed by atoms with Gasteiger partial charge in [-0.3, -0.25) is 0 Å². The van der Waals surface area contributed by atoms with Crippen molar-refractivity contribution in [3.05, 3.63) is 47.3 Å². The highest BCUT2D eigenvalue weighted by Gasteiger charge is 2.17. The van der Waals surface area contributed by atoms with Crippen molar-refractivity contribution in [3.63, 3.8) is 0 Å². The van der Waals surface area contributed by atoms with Crippen LogP contribution in [0.25, 0.3) is 0 Å². The number of rotatable bonds is 2. The highest BCUT2D eigenvalue weighted by atomic mass is 35.5. The number of benzene rings is 1. The van der Waals surface area contributed by atoms with Gasteiger partial charge in [0.05, 0.1) is 0 Å². The first kappa shape index (κ1) is 9.82. The van der Waals surface area contributed by atoms with Crippen LogP contribution in [0.1, 0.15) is 4.88 Å². The van der Waals surface area contributed by atoms with Gasteiger partial charge < -0.3 is 0 Å². The summed E-state index contributed by atoms with van der Waals surface area (Å²) in [5, 5.41) is 0. The van der Waals surface area contributed by atoms with Crippen molar-refractivity contribution < 1.29 is 0 Å². The summed E-state index contributed by atoms with van der Waals surface area (Å²) in [6.45, 7) is 2.10. The molecule has 0 atom stereocenters. The summed E-state index contributed by atoms with van der Waals surface area (Å²) >= 11 is 8.11. The molecule has 1 aromatic carbocycles. The minimum Gasteiger partial charge on any atom is -0.181 e. The van der Waals surface area contributed by atoms with Gasteiger partial charge in [0.15, 0.2) is 0 Å². The van der Waals surface area contributed by atoms with Crippen molar-refractivity contribution in [1.82, 2.24) is 0 Å². The summed E-state index contributed by atoms with van der Waals surface area (Å²) in [5.41, 5.74) is 1.16. The summed E-state index contributed by atoms with van der Waals surface area (Å²) < 4.78 is 1.22. The van der Waals surface area contributed by atoms with Crippen LogP contribution in [0.5, 0.6) is 0 Å². The van der Waals surface area contributed by atoms with E-state index in [1.54, 1.807) is 11.3 Å². The molecule has 0 spiro atoms. The van der Waals surface area contributed by atoms with Crippen LogP contribution in [0, 0.1) is 6.92 Å². The van der Waals surface area contributed by atoms with Crippen molar-refractivity contribution >= 4 is 39.2 Å². The Labute approximate surface area is 93.5 Å². The fourth-order valence-corrected chi connectivity index (χ4v) is 2.61. The Morgan fingerprint density at radius 3 is 2.36 bits per heavy atom. The van der Waals surface area contributed by atoms with E-state index < -0.39 is 0 Å². The fraction of sp³-hybridized carbons (Fsp3) is 0.0909. The monoisotopic (exact) mass is 220 g/mol. The van der Waals surface area contributed by atoms with E-state index in [-0.39, 0.29) is 6.13 Å². The zero-order chi connectivity index (χ0) is 9.97. The first-order valence-electron chi connectivity index (χ1n) is 4.53. The largest absolute Gasteiger partial charge is 0.325 e. The van der Waals surface area contributed by atoms with Crippen molar-refractivity contribution in [3.8, 4) is 0 Å². The van der Waals surface area contributed by atoms with E-state index in [1.165, 1.54) is 9.65 Å². The topological polar surface area (TPSA) is 0 Å². The standard InChI is InChI=1S/C11H10BClS/c1-9-7-8-11(14-9)12(13)10-5-3-2-4-6-10/h2-8H,1H3. The Morgan fingerprint density at radius 2 is 1.79 bits per heavy atom. The maximum Gasteiger partial charge on any atom is 0.325 e. The predicted molar refractivity (Wildman–Crippen MR) is 66.4 cm³/mol. The van der Waals surface area contributed by atoms with Gasteiger partial charge in [0.25, 0.3) is 0 Å². The number of halogens is 1. The Morgan fingerprint density at radius 1 is 1.07 bits per heavy atom. The zero-order valence-corrected chi connectivity index (χ0v) is 9.48. The highest BCUT2D eigenvalue weighted by molar-refractivity contribution is 7.36. The van der Waals surface area contributed by atoms with Gasteiger partial charge in [-0.25, -0.2) is 0 Å². The lowest BCUT2D eigenvalue weighted by Gasteiger charge is -2.02. The molecule has 0 aliphatic heterocycles. The third-order valence-corrected chi connectivity index (χ3v) is 3.79. The Hall–Kier alpha value is -0.725. The first-order valence-corrected chi connectivity index (χ1v) is 5.78. The smallest absolute Gasteiger partial charge is 0.181 e. The van der Waals surface area contributed by atoms with E-state index in [9.17, 15) is 0 Å². The molecule has 0 bridgehead atoms. The highest BCUT2D eigenvalue weighted by Crippen LogP contribution is 2.07. The third-order valence-electron chi connectivity index (χ3n) is 2.10. The second-order valence-corrected chi connectivity index (χ2v) is 4.98. The van der Waals surface area contributed by atoms with Crippen LogP contribution in [-0.2, 0) is 0 Å². The third kappa shape index (κ3) is 2.02. The summed E-state index contributed by atoms with van der Waals surface area (Å²) in [7, 11) is 0. The molecule has 70 valence electrons. The normalized spacial score (nSPS) is 10.1. The summed E-state index contributed by atoms with van der Waals surface area (Å²) in [5.74, 6) is 0. The molecule has 14 heavy (non-hydrogen) atoms. The summed E-state index contributed by atoms with van der Waals surface area (Å²) in [6.07, 6.45) is -0.00472. The van der Waals surface area contributed by atoms with Crippen molar-refractivity contribution in [2.24, 2.45) is 0 Å².